The number of imidazole rings is 1. The summed E-state index contributed by atoms with van der Waals surface area (Å²) >= 11 is 0. The zero-order valence-corrected chi connectivity index (χ0v) is 23.0. The first-order valence-corrected chi connectivity index (χ1v) is 13.5. The number of hydrogen-bond donors (Lipinski definition) is 2. The van der Waals surface area contributed by atoms with Gasteiger partial charge in [0, 0.05) is 24.8 Å². The van der Waals surface area contributed by atoms with E-state index in [1.807, 2.05) is 45.9 Å². The maximum atomic E-state index is 13.3. The van der Waals surface area contributed by atoms with Gasteiger partial charge in [0.1, 0.15) is 28.2 Å². The number of anilines is 1. The lowest BCUT2D eigenvalue weighted by atomic mass is 9.95. The third-order valence-electron chi connectivity index (χ3n) is 7.36. The first-order chi connectivity index (χ1) is 18.1. The largest absolute Gasteiger partial charge is 0.496 e. The number of aryl methyl sites for hydroxylation is 1. The number of rotatable bonds is 5. The predicted octanol–water partition coefficient (Wildman–Crippen LogP) is 4.71. The Hall–Kier alpha value is -3.56. The van der Waals surface area contributed by atoms with E-state index >= 15 is 0 Å². The van der Waals surface area contributed by atoms with Crippen molar-refractivity contribution >= 4 is 22.8 Å². The molecular weight excluding hydrogens is 484 g/mol. The summed E-state index contributed by atoms with van der Waals surface area (Å²) in [6.45, 7) is 8.95. The van der Waals surface area contributed by atoms with E-state index in [1.54, 1.807) is 11.8 Å². The minimum absolute atomic E-state index is 0.00713. The van der Waals surface area contributed by atoms with Crippen LogP contribution in [0.1, 0.15) is 71.0 Å². The molecule has 2 aromatic heterocycles. The van der Waals surface area contributed by atoms with Crippen molar-refractivity contribution in [2.45, 2.75) is 83.9 Å². The quantitative estimate of drug-likeness (QED) is 0.499. The fourth-order valence-corrected chi connectivity index (χ4v) is 5.52. The van der Waals surface area contributed by atoms with E-state index in [9.17, 15) is 9.59 Å². The zero-order valence-electron chi connectivity index (χ0n) is 23.0. The predicted molar refractivity (Wildman–Crippen MR) is 147 cm³/mol. The lowest BCUT2D eigenvalue weighted by Gasteiger charge is -2.23. The fraction of sp³-hybridized carbons (Fsp3) is 0.571. The van der Waals surface area contributed by atoms with E-state index in [-0.39, 0.29) is 17.6 Å². The smallest absolute Gasteiger partial charge is 0.407 e. The van der Waals surface area contributed by atoms with Gasteiger partial charge in [-0.15, -0.1) is 0 Å². The van der Waals surface area contributed by atoms with Crippen molar-refractivity contribution in [1.82, 2.24) is 25.1 Å². The Morgan fingerprint density at radius 2 is 1.92 bits per heavy atom. The standard InChI is InChI=1S/C28H38N6O4/c1-17-23-24(26(35)34(32-17)19-9-7-6-8-10-19)31-25(30-23)21-12-11-20(15-22(21)37-5)33-14-13-18(16-33)29-27(36)38-28(2,3)4/h11-12,15,18-19H,6-10,13-14,16H2,1-5H3,(H,29,36)(H,30,31). The van der Waals surface area contributed by atoms with E-state index in [4.69, 9.17) is 14.5 Å². The number of methoxy groups -OCH3 is 1. The number of aromatic nitrogens is 4. The molecule has 0 bridgehead atoms. The maximum Gasteiger partial charge on any atom is 0.407 e. The molecule has 1 unspecified atom stereocenters. The highest BCUT2D eigenvalue weighted by Crippen LogP contribution is 2.34. The average Bonchev–Trinajstić information content (AvgIpc) is 3.53. The lowest BCUT2D eigenvalue weighted by molar-refractivity contribution is 0.0509. The van der Waals surface area contributed by atoms with E-state index in [0.717, 1.165) is 55.6 Å². The van der Waals surface area contributed by atoms with Crippen molar-refractivity contribution in [2.24, 2.45) is 0 Å². The number of aromatic amines is 1. The van der Waals surface area contributed by atoms with Crippen LogP contribution >= 0.6 is 0 Å². The second-order valence-electron chi connectivity index (χ2n) is 11.4. The summed E-state index contributed by atoms with van der Waals surface area (Å²) in [7, 11) is 1.63. The average molecular weight is 523 g/mol. The topological polar surface area (TPSA) is 114 Å². The van der Waals surface area contributed by atoms with E-state index < -0.39 is 11.7 Å². The number of hydrogen-bond acceptors (Lipinski definition) is 7. The van der Waals surface area contributed by atoms with Crippen molar-refractivity contribution < 1.29 is 14.3 Å². The Morgan fingerprint density at radius 3 is 2.63 bits per heavy atom. The van der Waals surface area contributed by atoms with Gasteiger partial charge in [-0.25, -0.2) is 14.5 Å². The molecular formula is C28H38N6O4. The molecule has 1 amide bonds. The van der Waals surface area contributed by atoms with Crippen LogP contribution < -0.4 is 20.5 Å². The van der Waals surface area contributed by atoms with Crippen molar-refractivity contribution in [3.63, 3.8) is 0 Å². The third kappa shape index (κ3) is 5.35. The van der Waals surface area contributed by atoms with Gasteiger partial charge in [-0.2, -0.15) is 5.10 Å². The van der Waals surface area contributed by atoms with Gasteiger partial charge in [-0.05, 0) is 59.1 Å². The molecule has 1 aliphatic heterocycles. The first-order valence-electron chi connectivity index (χ1n) is 13.5. The molecule has 1 aliphatic carbocycles. The summed E-state index contributed by atoms with van der Waals surface area (Å²) in [5.74, 6) is 1.24. The van der Waals surface area contributed by atoms with Crippen LogP contribution in [0, 0.1) is 6.92 Å². The number of ether oxygens (including phenoxy) is 2. The Labute approximate surface area is 222 Å². The molecule has 204 valence electrons. The number of fused-ring (bicyclic) bond motifs is 1. The van der Waals surface area contributed by atoms with E-state index in [1.165, 1.54) is 6.42 Å². The highest BCUT2D eigenvalue weighted by atomic mass is 16.6. The van der Waals surface area contributed by atoms with Gasteiger partial charge >= 0.3 is 6.09 Å². The van der Waals surface area contributed by atoms with Gasteiger partial charge in [0.05, 0.1) is 30.5 Å². The summed E-state index contributed by atoms with van der Waals surface area (Å²) in [6, 6.07) is 6.11. The van der Waals surface area contributed by atoms with Crippen LogP contribution in [0.25, 0.3) is 22.4 Å². The van der Waals surface area contributed by atoms with Crippen LogP contribution in [0.5, 0.6) is 5.75 Å². The summed E-state index contributed by atoms with van der Waals surface area (Å²) in [5.41, 5.74) is 2.94. The minimum atomic E-state index is -0.528. The van der Waals surface area contributed by atoms with Gasteiger partial charge in [-0.1, -0.05) is 19.3 Å². The number of nitrogens with zero attached hydrogens (tertiary/aromatic N) is 4. The number of alkyl carbamates (subject to hydrolysis) is 1. The van der Waals surface area contributed by atoms with Gasteiger partial charge in [-0.3, -0.25) is 4.79 Å². The highest BCUT2D eigenvalue weighted by Gasteiger charge is 2.27. The zero-order chi connectivity index (χ0) is 27.0. The molecule has 1 saturated carbocycles. The molecule has 3 aromatic rings. The Morgan fingerprint density at radius 1 is 1.16 bits per heavy atom. The summed E-state index contributed by atoms with van der Waals surface area (Å²) in [4.78, 5) is 35.8. The molecule has 1 saturated heterocycles. The number of carbonyl (C=O) groups excluding carboxylic acids is 1. The van der Waals surface area contributed by atoms with Gasteiger partial charge < -0.3 is 24.7 Å². The highest BCUT2D eigenvalue weighted by molar-refractivity contribution is 5.82. The van der Waals surface area contributed by atoms with Gasteiger partial charge in [0.2, 0.25) is 0 Å². The second-order valence-corrected chi connectivity index (χ2v) is 11.4. The van der Waals surface area contributed by atoms with Gasteiger partial charge in [0.25, 0.3) is 5.56 Å². The van der Waals surface area contributed by atoms with Crippen molar-refractivity contribution in [2.75, 3.05) is 25.1 Å². The van der Waals surface area contributed by atoms with Crippen LogP contribution in [0.4, 0.5) is 10.5 Å². The first kappa shape index (κ1) is 26.1. The summed E-state index contributed by atoms with van der Waals surface area (Å²) in [6.07, 6.45) is 5.87. The van der Waals surface area contributed by atoms with E-state index in [2.05, 4.69) is 20.3 Å². The molecule has 0 radical (unpaired) electrons. The molecule has 2 N–H and O–H groups in total. The Kier molecular flexibility index (Phi) is 7.07. The molecule has 1 atom stereocenters. The van der Waals surface area contributed by atoms with Crippen LogP contribution in [-0.4, -0.2) is 57.7 Å². The molecule has 0 spiro atoms. The molecule has 10 heteroatoms. The summed E-state index contributed by atoms with van der Waals surface area (Å²) in [5, 5.41) is 7.60. The van der Waals surface area contributed by atoms with Crippen molar-refractivity contribution in [3.05, 3.63) is 34.2 Å². The Bertz CT molecular complexity index is 1380. The number of H-pyrrole nitrogens is 1. The number of carbonyl (C=O) groups is 1. The fourth-order valence-electron chi connectivity index (χ4n) is 5.52. The van der Waals surface area contributed by atoms with Crippen molar-refractivity contribution in [1.29, 1.82) is 0 Å². The molecule has 2 aliphatic rings. The molecule has 3 heterocycles. The SMILES string of the molecule is COc1cc(N2CCC(NC(=O)OC(C)(C)C)C2)ccc1-c1nc2c(C)nn(C3CCCCC3)c(=O)c2[nH]1. The number of amides is 1. The summed E-state index contributed by atoms with van der Waals surface area (Å²) < 4.78 is 12.8. The third-order valence-corrected chi connectivity index (χ3v) is 7.36. The minimum Gasteiger partial charge on any atom is -0.496 e. The molecule has 1 aromatic carbocycles. The van der Waals surface area contributed by atoms with Gasteiger partial charge in [0.15, 0.2) is 0 Å². The van der Waals surface area contributed by atoms with E-state index in [0.29, 0.717) is 29.2 Å². The lowest BCUT2D eigenvalue weighted by Crippen LogP contribution is -2.40. The molecule has 10 nitrogen and oxygen atoms in total. The van der Waals surface area contributed by atoms with Crippen molar-refractivity contribution in [3.8, 4) is 17.1 Å². The molecule has 5 rings (SSSR count). The monoisotopic (exact) mass is 522 g/mol. The molecule has 38 heavy (non-hydrogen) atoms. The van der Waals surface area contributed by atoms with Crippen LogP contribution in [0.2, 0.25) is 0 Å². The maximum absolute atomic E-state index is 13.3. The normalized spacial score (nSPS) is 18.7. The van der Waals surface area contributed by atoms with Crippen LogP contribution in [-0.2, 0) is 4.74 Å². The van der Waals surface area contributed by atoms with Crippen LogP contribution in [0.3, 0.4) is 0 Å². The number of nitrogens with one attached hydrogen (secondary N) is 2. The van der Waals surface area contributed by atoms with Crippen LogP contribution in [0.15, 0.2) is 23.0 Å². The number of benzene rings is 1. The second kappa shape index (κ2) is 10.3. The Balaban J connectivity index is 1.37. The molecule has 2 fully saturated rings.